The molecule has 0 amide bonds. The number of nitrogens with one attached hydrogen (secondary N) is 3. The zero-order chi connectivity index (χ0) is 5.40. The summed E-state index contributed by atoms with van der Waals surface area (Å²) in [6.45, 7) is 1.20. The van der Waals surface area contributed by atoms with Gasteiger partial charge in [0.2, 0.25) is 0 Å². The van der Waals surface area contributed by atoms with E-state index in [-0.39, 0.29) is 0 Å². The van der Waals surface area contributed by atoms with Gasteiger partial charge in [-0.1, -0.05) is 0 Å². The predicted octanol–water partition coefficient (Wildman–Crippen LogP) is -0.828. The Kier molecular flexibility index (Phi) is 0.997. The summed E-state index contributed by atoms with van der Waals surface area (Å²) >= 11 is 0. The Morgan fingerprint density at radius 3 is 2.62 bits per heavy atom. The standard InChI is InChI=1S/C5H11N3/c1-2-4(6-3-1)5-7-8-5/h4-8H,1-3H2. The fraction of sp³-hybridized carbons (Fsp3) is 1.00. The molecule has 0 radical (unpaired) electrons. The highest BCUT2D eigenvalue weighted by Gasteiger charge is 2.31. The van der Waals surface area contributed by atoms with Crippen molar-refractivity contribution in [2.24, 2.45) is 0 Å². The van der Waals surface area contributed by atoms with Crippen molar-refractivity contribution in [1.29, 1.82) is 0 Å². The van der Waals surface area contributed by atoms with Crippen molar-refractivity contribution in [2.75, 3.05) is 6.54 Å². The molecule has 0 spiro atoms. The van der Waals surface area contributed by atoms with Gasteiger partial charge in [0.1, 0.15) is 0 Å². The first-order valence-corrected chi connectivity index (χ1v) is 3.21. The summed E-state index contributed by atoms with van der Waals surface area (Å²) in [7, 11) is 0. The van der Waals surface area contributed by atoms with Gasteiger partial charge in [0.15, 0.2) is 0 Å². The molecular formula is C5H11N3. The van der Waals surface area contributed by atoms with Crippen LogP contribution in [0.15, 0.2) is 0 Å². The van der Waals surface area contributed by atoms with E-state index >= 15 is 0 Å². The van der Waals surface area contributed by atoms with Crippen LogP contribution in [0.4, 0.5) is 0 Å². The average Bonchev–Trinajstić information content (AvgIpc) is 2.49. The fourth-order valence-electron chi connectivity index (χ4n) is 1.25. The molecule has 0 bridgehead atoms. The van der Waals surface area contributed by atoms with E-state index in [4.69, 9.17) is 0 Å². The van der Waals surface area contributed by atoms with Crippen molar-refractivity contribution >= 4 is 0 Å². The Labute approximate surface area is 48.8 Å². The van der Waals surface area contributed by atoms with Gasteiger partial charge in [-0.15, -0.1) is 0 Å². The molecule has 2 aliphatic rings. The van der Waals surface area contributed by atoms with Crippen LogP contribution in [0, 0.1) is 0 Å². The molecule has 2 heterocycles. The summed E-state index contributed by atoms with van der Waals surface area (Å²) in [5.74, 6) is 0. The lowest BCUT2D eigenvalue weighted by molar-refractivity contribution is 0.583. The Morgan fingerprint density at radius 2 is 2.12 bits per heavy atom. The van der Waals surface area contributed by atoms with Gasteiger partial charge in [-0.3, -0.25) is 0 Å². The summed E-state index contributed by atoms with van der Waals surface area (Å²) in [4.78, 5) is 0. The highest BCUT2D eigenvalue weighted by molar-refractivity contribution is 4.89. The minimum absolute atomic E-state index is 0.581. The maximum atomic E-state index is 3.39. The zero-order valence-electron chi connectivity index (χ0n) is 4.78. The molecule has 8 heavy (non-hydrogen) atoms. The van der Waals surface area contributed by atoms with E-state index in [1.54, 1.807) is 0 Å². The van der Waals surface area contributed by atoms with E-state index in [1.807, 2.05) is 0 Å². The second kappa shape index (κ2) is 1.69. The second-order valence-corrected chi connectivity index (χ2v) is 2.47. The topological polar surface area (TPSA) is 55.9 Å². The molecule has 3 heteroatoms. The lowest BCUT2D eigenvalue weighted by Crippen LogP contribution is -2.29. The molecule has 1 unspecified atom stereocenters. The molecule has 0 aliphatic carbocycles. The first-order chi connectivity index (χ1) is 3.97. The maximum absolute atomic E-state index is 3.39. The Hall–Kier alpha value is -0.120. The number of hydrogen-bond acceptors (Lipinski definition) is 3. The van der Waals surface area contributed by atoms with E-state index in [1.165, 1.54) is 19.4 Å². The second-order valence-electron chi connectivity index (χ2n) is 2.47. The quantitative estimate of drug-likeness (QED) is 0.389. The summed E-state index contributed by atoms with van der Waals surface area (Å²) in [6.07, 6.45) is 3.24. The predicted molar refractivity (Wildman–Crippen MR) is 31.1 cm³/mol. The Balaban J connectivity index is 1.86. The number of rotatable bonds is 1. The average molecular weight is 113 g/mol. The monoisotopic (exact) mass is 113 g/mol. The molecular weight excluding hydrogens is 102 g/mol. The van der Waals surface area contributed by atoms with Gasteiger partial charge in [0.05, 0.1) is 6.17 Å². The highest BCUT2D eigenvalue weighted by Crippen LogP contribution is 2.10. The first-order valence-electron chi connectivity index (χ1n) is 3.21. The van der Waals surface area contributed by atoms with Crippen molar-refractivity contribution in [1.82, 2.24) is 16.2 Å². The summed E-state index contributed by atoms with van der Waals surface area (Å²) in [6, 6.07) is 0.704. The first kappa shape index (κ1) is 4.73. The third kappa shape index (κ3) is 0.727. The Bertz CT molecular complexity index is 83.7. The smallest absolute Gasteiger partial charge is 0.0985 e. The lowest BCUT2D eigenvalue weighted by Gasteiger charge is -2.02. The van der Waals surface area contributed by atoms with Crippen LogP contribution in [0.1, 0.15) is 12.8 Å². The van der Waals surface area contributed by atoms with Crippen LogP contribution in [0.3, 0.4) is 0 Å². The van der Waals surface area contributed by atoms with Crippen LogP contribution < -0.4 is 16.2 Å². The molecule has 0 aromatic carbocycles. The van der Waals surface area contributed by atoms with Gasteiger partial charge < -0.3 is 5.32 Å². The van der Waals surface area contributed by atoms with Gasteiger partial charge in [0, 0.05) is 6.04 Å². The fourth-order valence-corrected chi connectivity index (χ4v) is 1.25. The molecule has 0 aromatic rings. The lowest BCUT2D eigenvalue weighted by atomic mass is 10.2. The van der Waals surface area contributed by atoms with Crippen LogP contribution in [-0.4, -0.2) is 18.8 Å². The molecule has 46 valence electrons. The van der Waals surface area contributed by atoms with E-state index < -0.39 is 0 Å². The number of hydrogen-bond donors (Lipinski definition) is 3. The van der Waals surface area contributed by atoms with Crippen LogP contribution in [0.25, 0.3) is 0 Å². The van der Waals surface area contributed by atoms with Gasteiger partial charge in [-0.05, 0) is 19.4 Å². The third-order valence-corrected chi connectivity index (χ3v) is 1.81. The van der Waals surface area contributed by atoms with Crippen molar-refractivity contribution in [2.45, 2.75) is 25.0 Å². The Morgan fingerprint density at radius 1 is 1.25 bits per heavy atom. The molecule has 1 atom stereocenters. The molecule has 2 fully saturated rings. The summed E-state index contributed by atoms with van der Waals surface area (Å²) in [5, 5.41) is 3.39. The maximum Gasteiger partial charge on any atom is 0.0985 e. The largest absolute Gasteiger partial charge is 0.311 e. The van der Waals surface area contributed by atoms with E-state index in [2.05, 4.69) is 16.2 Å². The molecule has 0 aromatic heterocycles. The normalized spacial score (nSPS) is 38.2. The van der Waals surface area contributed by atoms with Crippen LogP contribution in [-0.2, 0) is 0 Å². The van der Waals surface area contributed by atoms with Crippen molar-refractivity contribution in [3.05, 3.63) is 0 Å². The van der Waals surface area contributed by atoms with Crippen LogP contribution >= 0.6 is 0 Å². The van der Waals surface area contributed by atoms with Crippen LogP contribution in [0.2, 0.25) is 0 Å². The van der Waals surface area contributed by atoms with E-state index in [0.717, 1.165) is 0 Å². The van der Waals surface area contributed by atoms with Gasteiger partial charge >= 0.3 is 0 Å². The molecule has 2 rings (SSSR count). The summed E-state index contributed by atoms with van der Waals surface area (Å²) in [5.41, 5.74) is 6.13. The number of hydrazine groups is 1. The van der Waals surface area contributed by atoms with Gasteiger partial charge in [-0.25, -0.2) is 10.9 Å². The minimum Gasteiger partial charge on any atom is -0.311 e. The van der Waals surface area contributed by atoms with E-state index in [0.29, 0.717) is 12.2 Å². The third-order valence-electron chi connectivity index (χ3n) is 1.81. The summed E-state index contributed by atoms with van der Waals surface area (Å²) < 4.78 is 0. The van der Waals surface area contributed by atoms with Gasteiger partial charge in [-0.2, -0.15) is 0 Å². The van der Waals surface area contributed by atoms with Crippen LogP contribution in [0.5, 0.6) is 0 Å². The molecule has 2 aliphatic heterocycles. The SMILES string of the molecule is C1CNC(C2NN2)C1. The molecule has 2 saturated heterocycles. The highest BCUT2D eigenvalue weighted by atomic mass is 15.6. The van der Waals surface area contributed by atoms with Gasteiger partial charge in [0.25, 0.3) is 0 Å². The van der Waals surface area contributed by atoms with Crippen molar-refractivity contribution in [3.63, 3.8) is 0 Å². The molecule has 3 N–H and O–H groups in total. The van der Waals surface area contributed by atoms with E-state index in [9.17, 15) is 0 Å². The van der Waals surface area contributed by atoms with Crippen molar-refractivity contribution < 1.29 is 0 Å². The zero-order valence-corrected chi connectivity index (χ0v) is 4.78. The minimum atomic E-state index is 0.581. The molecule has 0 saturated carbocycles. The van der Waals surface area contributed by atoms with Crippen molar-refractivity contribution in [3.8, 4) is 0 Å². The molecule has 3 nitrogen and oxygen atoms in total.